The number of hydrogen-bond acceptors (Lipinski definition) is 6. The molecular formula is C23H31N5O2. The van der Waals surface area contributed by atoms with Gasteiger partial charge in [0.25, 0.3) is 0 Å². The number of nitrogens with zero attached hydrogens (tertiary/aromatic N) is 4. The van der Waals surface area contributed by atoms with Gasteiger partial charge in [0.1, 0.15) is 5.75 Å². The Morgan fingerprint density at radius 3 is 2.93 bits per heavy atom. The van der Waals surface area contributed by atoms with Gasteiger partial charge in [-0.05, 0) is 43.9 Å². The van der Waals surface area contributed by atoms with Gasteiger partial charge in [0.05, 0.1) is 19.3 Å². The molecule has 1 saturated heterocycles. The summed E-state index contributed by atoms with van der Waals surface area (Å²) in [5.74, 6) is 1.61. The summed E-state index contributed by atoms with van der Waals surface area (Å²) in [5, 5.41) is 3.05. The normalized spacial score (nSPS) is 20.8. The van der Waals surface area contributed by atoms with Gasteiger partial charge in [0.15, 0.2) is 0 Å². The van der Waals surface area contributed by atoms with Gasteiger partial charge in [-0.15, -0.1) is 0 Å². The molecule has 160 valence electrons. The molecule has 1 spiro atoms. The molecule has 0 radical (unpaired) electrons. The summed E-state index contributed by atoms with van der Waals surface area (Å²) in [6.45, 7) is 2.72. The first-order valence-corrected chi connectivity index (χ1v) is 10.7. The van der Waals surface area contributed by atoms with Gasteiger partial charge in [-0.25, -0.2) is 9.97 Å². The van der Waals surface area contributed by atoms with Gasteiger partial charge in [0.2, 0.25) is 11.9 Å². The predicted molar refractivity (Wildman–Crippen MR) is 117 cm³/mol. The number of hydrogen-bond donors (Lipinski definition) is 1. The molecule has 2 heterocycles. The summed E-state index contributed by atoms with van der Waals surface area (Å²) in [5.41, 5.74) is 3.49. The van der Waals surface area contributed by atoms with E-state index in [2.05, 4.69) is 15.2 Å². The quantitative estimate of drug-likeness (QED) is 0.788. The van der Waals surface area contributed by atoms with Crippen molar-refractivity contribution in [2.75, 3.05) is 45.7 Å². The molecule has 30 heavy (non-hydrogen) atoms. The van der Waals surface area contributed by atoms with E-state index >= 15 is 0 Å². The number of fused-ring (bicyclic) bond motifs is 2. The average Bonchev–Trinajstić information content (AvgIpc) is 3.09. The molecule has 1 N–H and O–H groups in total. The van der Waals surface area contributed by atoms with Crippen molar-refractivity contribution in [2.24, 2.45) is 0 Å². The third-order valence-electron chi connectivity index (χ3n) is 6.32. The molecule has 2 aromatic rings. The zero-order chi connectivity index (χ0) is 21.1. The Kier molecular flexibility index (Phi) is 5.90. The van der Waals surface area contributed by atoms with Crippen molar-refractivity contribution in [1.82, 2.24) is 20.2 Å². The van der Waals surface area contributed by atoms with E-state index in [1.54, 1.807) is 7.11 Å². The number of carbonyl (C=O) groups excluding carboxylic acids is 1. The lowest BCUT2D eigenvalue weighted by Gasteiger charge is -2.40. The lowest BCUT2D eigenvalue weighted by Crippen LogP contribution is -2.48. The van der Waals surface area contributed by atoms with Crippen LogP contribution in [0.3, 0.4) is 0 Å². The summed E-state index contributed by atoms with van der Waals surface area (Å²) in [6.07, 6.45) is 6.32. The third-order valence-corrected chi connectivity index (χ3v) is 6.32. The van der Waals surface area contributed by atoms with E-state index in [9.17, 15) is 4.79 Å². The Labute approximate surface area is 178 Å². The van der Waals surface area contributed by atoms with Crippen LogP contribution >= 0.6 is 0 Å². The maximum atomic E-state index is 12.7. The van der Waals surface area contributed by atoms with E-state index in [-0.39, 0.29) is 11.3 Å². The summed E-state index contributed by atoms with van der Waals surface area (Å²) >= 11 is 0. The van der Waals surface area contributed by atoms with E-state index in [1.807, 2.05) is 49.5 Å². The van der Waals surface area contributed by atoms with Gasteiger partial charge in [-0.2, -0.15) is 0 Å². The second-order valence-corrected chi connectivity index (χ2v) is 8.62. The molecule has 1 aliphatic carbocycles. The third kappa shape index (κ3) is 4.12. The minimum absolute atomic E-state index is 0.0458. The van der Waals surface area contributed by atoms with Crippen LogP contribution in [-0.2, 0) is 23.2 Å². The van der Waals surface area contributed by atoms with E-state index in [4.69, 9.17) is 9.72 Å². The van der Waals surface area contributed by atoms with Crippen molar-refractivity contribution < 1.29 is 9.53 Å². The van der Waals surface area contributed by atoms with Crippen molar-refractivity contribution in [2.45, 2.75) is 37.6 Å². The highest BCUT2D eigenvalue weighted by Gasteiger charge is 2.44. The second kappa shape index (κ2) is 8.60. The standard InChI is InChI=1S/C23H31N5O2/c1-27(2)22-25-14-18-9-11-23(21(18)26-22)10-6-12-28(16-23)15-20(29)24-13-17-7-4-5-8-19(17)30-3/h4-5,7-8,14H,6,9-13,15-16H2,1-3H3,(H,24,29). The maximum absolute atomic E-state index is 12.7. The van der Waals surface area contributed by atoms with E-state index < -0.39 is 0 Å². The molecule has 1 aromatic carbocycles. The van der Waals surface area contributed by atoms with Gasteiger partial charge in [-0.3, -0.25) is 9.69 Å². The zero-order valence-corrected chi connectivity index (χ0v) is 18.1. The number of likely N-dealkylation sites (tertiary alicyclic amines) is 1. The molecule has 1 amide bonds. The lowest BCUT2D eigenvalue weighted by atomic mass is 9.77. The minimum atomic E-state index is 0.0458. The number of methoxy groups -OCH3 is 1. The Bertz CT molecular complexity index is 912. The van der Waals surface area contributed by atoms with Crippen molar-refractivity contribution in [1.29, 1.82) is 0 Å². The number of benzene rings is 1. The molecule has 4 rings (SSSR count). The smallest absolute Gasteiger partial charge is 0.234 e. The number of piperidine rings is 1. The summed E-state index contributed by atoms with van der Waals surface area (Å²) in [4.78, 5) is 26.3. The number of rotatable bonds is 6. The molecule has 0 bridgehead atoms. The van der Waals surface area contributed by atoms with E-state index in [0.717, 1.165) is 56.0 Å². The Balaban J connectivity index is 1.41. The number of nitrogens with one attached hydrogen (secondary N) is 1. The Morgan fingerprint density at radius 2 is 2.13 bits per heavy atom. The van der Waals surface area contributed by atoms with Crippen molar-refractivity contribution in [3.63, 3.8) is 0 Å². The van der Waals surface area contributed by atoms with Crippen LogP contribution in [0.1, 0.15) is 36.1 Å². The molecule has 1 atom stereocenters. The lowest BCUT2D eigenvalue weighted by molar-refractivity contribution is -0.122. The molecule has 1 unspecified atom stereocenters. The number of aryl methyl sites for hydroxylation is 1. The summed E-state index contributed by atoms with van der Waals surface area (Å²) in [7, 11) is 5.60. The first-order valence-electron chi connectivity index (χ1n) is 10.7. The number of aromatic nitrogens is 2. The largest absolute Gasteiger partial charge is 0.496 e. The van der Waals surface area contributed by atoms with Crippen molar-refractivity contribution >= 4 is 11.9 Å². The molecule has 1 fully saturated rings. The molecule has 1 aliphatic heterocycles. The average molecular weight is 410 g/mol. The maximum Gasteiger partial charge on any atom is 0.234 e. The van der Waals surface area contributed by atoms with Crippen molar-refractivity contribution in [3.8, 4) is 5.75 Å². The molecule has 7 heteroatoms. The van der Waals surface area contributed by atoms with Gasteiger partial charge in [0, 0.05) is 44.4 Å². The molecular weight excluding hydrogens is 378 g/mol. The topological polar surface area (TPSA) is 70.6 Å². The van der Waals surface area contributed by atoms with E-state index in [0.29, 0.717) is 13.1 Å². The number of ether oxygens (including phenoxy) is 1. The van der Waals surface area contributed by atoms with Crippen LogP contribution in [0.25, 0.3) is 0 Å². The van der Waals surface area contributed by atoms with Gasteiger partial charge in [-0.1, -0.05) is 18.2 Å². The van der Waals surface area contributed by atoms with Crippen LogP contribution in [-0.4, -0.2) is 61.6 Å². The van der Waals surface area contributed by atoms with Gasteiger partial charge < -0.3 is 15.0 Å². The first kappa shape index (κ1) is 20.6. The van der Waals surface area contributed by atoms with Crippen LogP contribution in [0, 0.1) is 0 Å². The second-order valence-electron chi connectivity index (χ2n) is 8.62. The fraction of sp³-hybridized carbons (Fsp3) is 0.522. The minimum Gasteiger partial charge on any atom is -0.496 e. The number of amides is 1. The predicted octanol–water partition coefficient (Wildman–Crippen LogP) is 2.15. The number of carbonyl (C=O) groups is 1. The summed E-state index contributed by atoms with van der Waals surface area (Å²) < 4.78 is 5.37. The van der Waals surface area contributed by atoms with Crippen LogP contribution in [0.2, 0.25) is 0 Å². The highest BCUT2D eigenvalue weighted by atomic mass is 16.5. The SMILES string of the molecule is COc1ccccc1CNC(=O)CN1CCCC2(CCc3cnc(N(C)C)nc32)C1. The highest BCUT2D eigenvalue weighted by molar-refractivity contribution is 5.78. The summed E-state index contributed by atoms with van der Waals surface area (Å²) in [6, 6.07) is 7.78. The van der Waals surface area contributed by atoms with E-state index in [1.165, 1.54) is 11.3 Å². The molecule has 7 nitrogen and oxygen atoms in total. The highest BCUT2D eigenvalue weighted by Crippen LogP contribution is 2.44. The van der Waals surface area contributed by atoms with Crippen LogP contribution in [0.5, 0.6) is 5.75 Å². The van der Waals surface area contributed by atoms with Gasteiger partial charge >= 0.3 is 0 Å². The van der Waals surface area contributed by atoms with Crippen LogP contribution < -0.4 is 15.0 Å². The molecule has 1 aromatic heterocycles. The first-order chi connectivity index (χ1) is 14.5. The fourth-order valence-corrected chi connectivity index (χ4v) is 4.81. The van der Waals surface area contributed by atoms with Crippen molar-refractivity contribution in [3.05, 3.63) is 47.3 Å². The number of anilines is 1. The Hall–Kier alpha value is -2.67. The monoisotopic (exact) mass is 409 g/mol. The Morgan fingerprint density at radius 1 is 1.30 bits per heavy atom. The number of para-hydroxylation sites is 1. The zero-order valence-electron chi connectivity index (χ0n) is 18.1. The fourth-order valence-electron chi connectivity index (χ4n) is 4.81. The molecule has 2 aliphatic rings. The van der Waals surface area contributed by atoms with Crippen LogP contribution in [0.4, 0.5) is 5.95 Å². The molecule has 0 saturated carbocycles. The van der Waals surface area contributed by atoms with Crippen LogP contribution in [0.15, 0.2) is 30.5 Å².